The number of hydrogen-bond donors (Lipinski definition) is 1. The number of nitrogens with zero attached hydrogens (tertiary/aromatic N) is 4. The Morgan fingerprint density at radius 1 is 1.50 bits per heavy atom. The van der Waals surface area contributed by atoms with E-state index in [4.69, 9.17) is 4.74 Å². The van der Waals surface area contributed by atoms with Crippen LogP contribution in [0.4, 0.5) is 10.2 Å². The fraction of sp³-hybridized carbons (Fsp3) is 0.364. The smallest absolute Gasteiger partial charge is 0.218 e. The summed E-state index contributed by atoms with van der Waals surface area (Å²) in [5.41, 5.74) is 0.616. The van der Waals surface area contributed by atoms with Gasteiger partial charge in [-0.25, -0.2) is 14.1 Å². The quantitative estimate of drug-likeness (QED) is 0.891. The molecule has 2 aromatic rings. The SMILES string of the molecule is CNc1cn(C(C)c2cc(F)cnc2OC)nn1. The zero-order valence-electron chi connectivity index (χ0n) is 10.4. The van der Waals surface area contributed by atoms with Crippen LogP contribution in [0.5, 0.6) is 5.88 Å². The summed E-state index contributed by atoms with van der Waals surface area (Å²) < 4.78 is 20.0. The highest BCUT2D eigenvalue weighted by atomic mass is 19.1. The van der Waals surface area contributed by atoms with Crippen LogP contribution in [-0.2, 0) is 0 Å². The van der Waals surface area contributed by atoms with Gasteiger partial charge in [0.1, 0.15) is 5.82 Å². The molecule has 0 amide bonds. The molecule has 96 valence electrons. The molecule has 1 atom stereocenters. The van der Waals surface area contributed by atoms with Crippen molar-refractivity contribution in [1.29, 1.82) is 0 Å². The predicted molar refractivity (Wildman–Crippen MR) is 64.1 cm³/mol. The summed E-state index contributed by atoms with van der Waals surface area (Å²) in [7, 11) is 3.25. The normalized spacial score (nSPS) is 12.2. The van der Waals surface area contributed by atoms with E-state index >= 15 is 0 Å². The summed E-state index contributed by atoms with van der Waals surface area (Å²) >= 11 is 0. The van der Waals surface area contributed by atoms with Crippen LogP contribution < -0.4 is 10.1 Å². The molecule has 2 aromatic heterocycles. The van der Waals surface area contributed by atoms with Gasteiger partial charge in [-0.2, -0.15) is 0 Å². The molecule has 0 saturated carbocycles. The summed E-state index contributed by atoms with van der Waals surface area (Å²) in [5, 5.41) is 10.8. The Morgan fingerprint density at radius 3 is 2.89 bits per heavy atom. The Labute approximate surface area is 104 Å². The zero-order valence-corrected chi connectivity index (χ0v) is 10.4. The van der Waals surface area contributed by atoms with Gasteiger partial charge in [0.2, 0.25) is 5.88 Å². The molecule has 0 aromatic carbocycles. The molecule has 1 N–H and O–H groups in total. The molecule has 7 heteroatoms. The van der Waals surface area contributed by atoms with Gasteiger partial charge in [-0.1, -0.05) is 5.21 Å². The van der Waals surface area contributed by atoms with E-state index in [0.717, 1.165) is 6.20 Å². The lowest BCUT2D eigenvalue weighted by Gasteiger charge is -2.14. The van der Waals surface area contributed by atoms with Gasteiger partial charge in [-0.3, -0.25) is 0 Å². The molecule has 0 aliphatic rings. The van der Waals surface area contributed by atoms with E-state index in [1.807, 2.05) is 6.92 Å². The average Bonchev–Trinajstić information content (AvgIpc) is 2.86. The number of ether oxygens (including phenoxy) is 1. The Morgan fingerprint density at radius 2 is 2.28 bits per heavy atom. The van der Waals surface area contributed by atoms with E-state index in [0.29, 0.717) is 17.3 Å². The molecule has 2 heterocycles. The number of anilines is 1. The first-order valence-electron chi connectivity index (χ1n) is 5.44. The summed E-state index contributed by atoms with van der Waals surface area (Å²) in [6.45, 7) is 1.87. The van der Waals surface area contributed by atoms with E-state index in [2.05, 4.69) is 20.6 Å². The molecule has 0 radical (unpaired) electrons. The Balaban J connectivity index is 2.38. The van der Waals surface area contributed by atoms with Crippen LogP contribution in [0.25, 0.3) is 0 Å². The first-order valence-corrected chi connectivity index (χ1v) is 5.44. The van der Waals surface area contributed by atoms with E-state index in [1.54, 1.807) is 17.9 Å². The largest absolute Gasteiger partial charge is 0.481 e. The van der Waals surface area contributed by atoms with Crippen LogP contribution in [0.3, 0.4) is 0 Å². The van der Waals surface area contributed by atoms with Gasteiger partial charge in [0.25, 0.3) is 0 Å². The number of methoxy groups -OCH3 is 1. The van der Waals surface area contributed by atoms with Gasteiger partial charge in [0.05, 0.1) is 25.5 Å². The molecule has 0 saturated heterocycles. The fourth-order valence-corrected chi connectivity index (χ4v) is 1.64. The highest BCUT2D eigenvalue weighted by Gasteiger charge is 2.17. The van der Waals surface area contributed by atoms with Gasteiger partial charge in [0, 0.05) is 12.6 Å². The van der Waals surface area contributed by atoms with Crippen LogP contribution in [-0.4, -0.2) is 34.1 Å². The lowest BCUT2D eigenvalue weighted by Crippen LogP contribution is -2.10. The predicted octanol–water partition coefficient (Wildman–Crippen LogP) is 1.47. The van der Waals surface area contributed by atoms with Crippen molar-refractivity contribution in [3.63, 3.8) is 0 Å². The number of rotatable bonds is 4. The van der Waals surface area contributed by atoms with Crippen molar-refractivity contribution < 1.29 is 9.13 Å². The van der Waals surface area contributed by atoms with Crippen molar-refractivity contribution >= 4 is 5.82 Å². The minimum Gasteiger partial charge on any atom is -0.481 e. The van der Waals surface area contributed by atoms with Crippen molar-refractivity contribution in [2.75, 3.05) is 19.5 Å². The van der Waals surface area contributed by atoms with Crippen molar-refractivity contribution in [1.82, 2.24) is 20.0 Å². The first kappa shape index (κ1) is 12.3. The number of pyridine rings is 1. The second-order valence-electron chi connectivity index (χ2n) is 3.76. The van der Waals surface area contributed by atoms with Crippen molar-refractivity contribution in [2.24, 2.45) is 0 Å². The van der Waals surface area contributed by atoms with Crippen LogP contribution in [0, 0.1) is 5.82 Å². The maximum atomic E-state index is 13.3. The molecule has 0 aliphatic carbocycles. The lowest BCUT2D eigenvalue weighted by molar-refractivity contribution is 0.380. The van der Waals surface area contributed by atoms with Gasteiger partial charge in [-0.15, -0.1) is 5.10 Å². The molecule has 2 rings (SSSR count). The molecular weight excluding hydrogens is 237 g/mol. The third kappa shape index (κ3) is 2.24. The van der Waals surface area contributed by atoms with Crippen molar-refractivity contribution in [3.05, 3.63) is 29.8 Å². The molecular formula is C11H14FN5O. The second-order valence-corrected chi connectivity index (χ2v) is 3.76. The van der Waals surface area contributed by atoms with Crippen LogP contribution in [0.15, 0.2) is 18.5 Å². The average molecular weight is 251 g/mol. The Bertz CT molecular complexity index is 542. The van der Waals surface area contributed by atoms with E-state index < -0.39 is 5.82 Å². The maximum Gasteiger partial charge on any atom is 0.218 e. The van der Waals surface area contributed by atoms with Crippen LogP contribution in [0.1, 0.15) is 18.5 Å². The minimum atomic E-state index is -0.411. The van der Waals surface area contributed by atoms with Crippen molar-refractivity contribution in [2.45, 2.75) is 13.0 Å². The second kappa shape index (κ2) is 4.99. The monoisotopic (exact) mass is 251 g/mol. The van der Waals surface area contributed by atoms with E-state index in [9.17, 15) is 4.39 Å². The van der Waals surface area contributed by atoms with Gasteiger partial charge < -0.3 is 10.1 Å². The number of nitrogens with one attached hydrogen (secondary N) is 1. The number of aromatic nitrogens is 4. The van der Waals surface area contributed by atoms with Crippen molar-refractivity contribution in [3.8, 4) is 5.88 Å². The molecule has 0 bridgehead atoms. The van der Waals surface area contributed by atoms with Gasteiger partial charge >= 0.3 is 0 Å². The third-order valence-electron chi connectivity index (χ3n) is 2.65. The summed E-state index contributed by atoms with van der Waals surface area (Å²) in [6.07, 6.45) is 2.85. The summed E-state index contributed by atoms with van der Waals surface area (Å²) in [5.74, 6) is 0.613. The van der Waals surface area contributed by atoms with E-state index in [1.165, 1.54) is 13.2 Å². The fourth-order valence-electron chi connectivity index (χ4n) is 1.64. The highest BCUT2D eigenvalue weighted by molar-refractivity contribution is 5.32. The Hall–Kier alpha value is -2.18. The molecule has 0 spiro atoms. The summed E-state index contributed by atoms with van der Waals surface area (Å²) in [6, 6.07) is 1.16. The highest BCUT2D eigenvalue weighted by Crippen LogP contribution is 2.26. The molecule has 0 fully saturated rings. The van der Waals surface area contributed by atoms with E-state index in [-0.39, 0.29) is 6.04 Å². The van der Waals surface area contributed by atoms with Crippen LogP contribution in [0.2, 0.25) is 0 Å². The lowest BCUT2D eigenvalue weighted by atomic mass is 10.1. The van der Waals surface area contributed by atoms with Crippen LogP contribution >= 0.6 is 0 Å². The Kier molecular flexibility index (Phi) is 3.40. The zero-order chi connectivity index (χ0) is 13.1. The third-order valence-corrected chi connectivity index (χ3v) is 2.65. The standard InChI is InChI=1S/C11H14FN5O/c1-7(17-6-10(13-2)15-16-17)9-4-8(12)5-14-11(9)18-3/h4-7,13H,1-3H3. The van der Waals surface area contributed by atoms with Gasteiger partial charge in [0.15, 0.2) is 5.82 Å². The van der Waals surface area contributed by atoms with Gasteiger partial charge in [-0.05, 0) is 13.0 Å². The number of hydrogen-bond acceptors (Lipinski definition) is 5. The minimum absolute atomic E-state index is 0.224. The maximum absolute atomic E-state index is 13.3. The number of halogens is 1. The molecule has 6 nitrogen and oxygen atoms in total. The molecule has 1 unspecified atom stereocenters. The molecule has 0 aliphatic heterocycles. The molecule has 18 heavy (non-hydrogen) atoms. The summed E-state index contributed by atoms with van der Waals surface area (Å²) in [4.78, 5) is 3.90. The first-order chi connectivity index (χ1) is 8.65. The topological polar surface area (TPSA) is 64.9 Å².